The molecular formula is C11H16Cl2N2O2. The van der Waals surface area contributed by atoms with E-state index in [1.54, 1.807) is 26.2 Å². The molecule has 0 fully saturated rings. The topological polar surface area (TPSA) is 64.3 Å². The molecule has 0 bridgehead atoms. The van der Waals surface area contributed by atoms with Crippen molar-refractivity contribution in [2.75, 3.05) is 7.11 Å². The van der Waals surface area contributed by atoms with Gasteiger partial charge in [-0.15, -0.1) is 12.4 Å². The number of hydrogen-bond acceptors (Lipinski definition) is 3. The number of methoxy groups -OCH3 is 1. The van der Waals surface area contributed by atoms with E-state index in [9.17, 15) is 4.79 Å². The van der Waals surface area contributed by atoms with Gasteiger partial charge in [0.15, 0.2) is 0 Å². The van der Waals surface area contributed by atoms with Gasteiger partial charge in [-0.1, -0.05) is 17.7 Å². The van der Waals surface area contributed by atoms with Crippen LogP contribution >= 0.6 is 24.0 Å². The monoisotopic (exact) mass is 278 g/mol. The summed E-state index contributed by atoms with van der Waals surface area (Å²) in [6.07, 6.45) is 0. The lowest BCUT2D eigenvalue weighted by Crippen LogP contribution is -2.37. The first-order valence-electron chi connectivity index (χ1n) is 4.90. The van der Waals surface area contributed by atoms with Crippen LogP contribution in [0.2, 0.25) is 5.02 Å². The van der Waals surface area contributed by atoms with E-state index in [4.69, 9.17) is 22.1 Å². The van der Waals surface area contributed by atoms with Gasteiger partial charge in [-0.3, -0.25) is 4.79 Å². The minimum Gasteiger partial charge on any atom is -0.496 e. The highest BCUT2D eigenvalue weighted by Crippen LogP contribution is 2.22. The molecule has 1 aromatic rings. The Balaban J connectivity index is 0.00000256. The van der Waals surface area contributed by atoms with Crippen LogP contribution in [0, 0.1) is 0 Å². The first-order valence-corrected chi connectivity index (χ1v) is 5.28. The van der Waals surface area contributed by atoms with Gasteiger partial charge in [-0.2, -0.15) is 0 Å². The molecule has 0 aliphatic carbocycles. The van der Waals surface area contributed by atoms with Gasteiger partial charge in [0, 0.05) is 17.1 Å². The van der Waals surface area contributed by atoms with E-state index in [1.807, 2.05) is 6.07 Å². The van der Waals surface area contributed by atoms with Gasteiger partial charge in [0.1, 0.15) is 5.75 Å². The van der Waals surface area contributed by atoms with E-state index in [-0.39, 0.29) is 18.3 Å². The molecule has 96 valence electrons. The standard InChI is InChI=1S/C11H15ClN2O2.ClH/c1-7(13)11(15)14-6-8-3-4-9(12)5-10(8)16-2;/h3-5,7H,6,13H2,1-2H3,(H,14,15);1H/t7-;/m0./s1. The third-order valence-corrected chi connectivity index (χ3v) is 2.35. The summed E-state index contributed by atoms with van der Waals surface area (Å²) in [7, 11) is 1.56. The van der Waals surface area contributed by atoms with E-state index in [2.05, 4.69) is 5.32 Å². The molecule has 17 heavy (non-hydrogen) atoms. The molecule has 0 heterocycles. The minimum atomic E-state index is -0.515. The van der Waals surface area contributed by atoms with Crippen LogP contribution in [0.5, 0.6) is 5.75 Å². The van der Waals surface area contributed by atoms with Crippen LogP contribution in [-0.4, -0.2) is 19.1 Å². The van der Waals surface area contributed by atoms with E-state index in [0.717, 1.165) is 5.56 Å². The summed E-state index contributed by atoms with van der Waals surface area (Å²) in [5, 5.41) is 3.30. The summed E-state index contributed by atoms with van der Waals surface area (Å²) in [4.78, 5) is 11.3. The molecule has 1 rings (SSSR count). The van der Waals surface area contributed by atoms with Crippen molar-refractivity contribution >= 4 is 29.9 Å². The average Bonchev–Trinajstić information content (AvgIpc) is 2.26. The van der Waals surface area contributed by atoms with Crippen molar-refractivity contribution in [3.63, 3.8) is 0 Å². The average molecular weight is 279 g/mol. The van der Waals surface area contributed by atoms with E-state index < -0.39 is 6.04 Å². The first-order chi connectivity index (χ1) is 7.54. The Hall–Kier alpha value is -0.970. The largest absolute Gasteiger partial charge is 0.496 e. The molecule has 1 amide bonds. The Kier molecular flexibility index (Phi) is 6.95. The van der Waals surface area contributed by atoms with Gasteiger partial charge >= 0.3 is 0 Å². The fourth-order valence-electron chi connectivity index (χ4n) is 1.21. The lowest BCUT2D eigenvalue weighted by atomic mass is 10.2. The summed E-state index contributed by atoms with van der Waals surface area (Å²) in [6, 6.07) is 4.74. The lowest BCUT2D eigenvalue weighted by Gasteiger charge is -2.11. The molecule has 0 saturated heterocycles. The molecule has 0 spiro atoms. The number of amides is 1. The van der Waals surface area contributed by atoms with Crippen LogP contribution in [0.15, 0.2) is 18.2 Å². The Morgan fingerprint density at radius 3 is 2.76 bits per heavy atom. The molecule has 0 aliphatic heterocycles. The zero-order valence-corrected chi connectivity index (χ0v) is 11.3. The fraction of sp³-hybridized carbons (Fsp3) is 0.364. The second-order valence-corrected chi connectivity index (χ2v) is 3.90. The van der Waals surface area contributed by atoms with Crippen molar-refractivity contribution in [3.8, 4) is 5.75 Å². The predicted octanol–water partition coefficient (Wildman–Crippen LogP) is 1.73. The SMILES string of the molecule is COc1cc(Cl)ccc1CNC(=O)[C@H](C)N.Cl. The number of nitrogens with two attached hydrogens (primary N) is 1. The number of halogens is 2. The van der Waals surface area contributed by atoms with E-state index in [0.29, 0.717) is 17.3 Å². The Bertz CT molecular complexity index is 384. The maximum atomic E-state index is 11.3. The summed E-state index contributed by atoms with van der Waals surface area (Å²) in [5.41, 5.74) is 6.29. The van der Waals surface area contributed by atoms with E-state index in [1.165, 1.54) is 0 Å². The van der Waals surface area contributed by atoms with Crippen LogP contribution in [0.4, 0.5) is 0 Å². The molecule has 1 aromatic carbocycles. The summed E-state index contributed by atoms with van der Waals surface area (Å²) < 4.78 is 5.15. The Morgan fingerprint density at radius 1 is 1.59 bits per heavy atom. The molecule has 3 N–H and O–H groups in total. The van der Waals surface area contributed by atoms with Crippen molar-refractivity contribution in [2.24, 2.45) is 5.73 Å². The maximum absolute atomic E-state index is 11.3. The maximum Gasteiger partial charge on any atom is 0.236 e. The third kappa shape index (κ3) is 4.81. The molecule has 0 saturated carbocycles. The van der Waals surface area contributed by atoms with Gasteiger partial charge in [-0.05, 0) is 19.1 Å². The zero-order valence-electron chi connectivity index (χ0n) is 9.70. The van der Waals surface area contributed by atoms with Crippen LogP contribution in [0.3, 0.4) is 0 Å². The minimum absolute atomic E-state index is 0. The van der Waals surface area contributed by atoms with Crippen molar-refractivity contribution in [2.45, 2.75) is 19.5 Å². The van der Waals surface area contributed by atoms with Gasteiger partial charge < -0.3 is 15.8 Å². The molecule has 1 atom stereocenters. The molecule has 0 unspecified atom stereocenters. The normalized spacial score (nSPS) is 11.3. The smallest absolute Gasteiger partial charge is 0.236 e. The highest BCUT2D eigenvalue weighted by atomic mass is 35.5. The number of benzene rings is 1. The fourth-order valence-corrected chi connectivity index (χ4v) is 1.37. The molecule has 4 nitrogen and oxygen atoms in total. The third-order valence-electron chi connectivity index (χ3n) is 2.12. The first kappa shape index (κ1) is 16.0. The number of rotatable bonds is 4. The van der Waals surface area contributed by atoms with Crippen molar-refractivity contribution < 1.29 is 9.53 Å². The summed E-state index contributed by atoms with van der Waals surface area (Å²) in [5.74, 6) is 0.453. The Labute approximate surface area is 112 Å². The zero-order chi connectivity index (χ0) is 12.1. The number of ether oxygens (including phenoxy) is 1. The molecular weight excluding hydrogens is 263 g/mol. The Morgan fingerprint density at radius 2 is 2.24 bits per heavy atom. The van der Waals surface area contributed by atoms with Crippen molar-refractivity contribution in [1.82, 2.24) is 5.32 Å². The highest BCUT2D eigenvalue weighted by molar-refractivity contribution is 6.30. The lowest BCUT2D eigenvalue weighted by molar-refractivity contribution is -0.122. The van der Waals surface area contributed by atoms with Gasteiger partial charge in [-0.25, -0.2) is 0 Å². The number of carbonyl (C=O) groups excluding carboxylic acids is 1. The van der Waals surface area contributed by atoms with Gasteiger partial charge in [0.25, 0.3) is 0 Å². The number of carbonyl (C=O) groups is 1. The number of nitrogens with one attached hydrogen (secondary N) is 1. The van der Waals surface area contributed by atoms with Crippen molar-refractivity contribution in [3.05, 3.63) is 28.8 Å². The van der Waals surface area contributed by atoms with Crippen molar-refractivity contribution in [1.29, 1.82) is 0 Å². The second-order valence-electron chi connectivity index (χ2n) is 3.46. The van der Waals surface area contributed by atoms with Gasteiger partial charge in [0.2, 0.25) is 5.91 Å². The highest BCUT2D eigenvalue weighted by Gasteiger charge is 2.09. The van der Waals surface area contributed by atoms with Crippen LogP contribution in [0.25, 0.3) is 0 Å². The second kappa shape index (κ2) is 7.37. The molecule has 0 aromatic heterocycles. The number of hydrogen-bond donors (Lipinski definition) is 2. The summed E-state index contributed by atoms with van der Waals surface area (Å²) >= 11 is 5.82. The van der Waals surface area contributed by atoms with Crippen LogP contribution < -0.4 is 15.8 Å². The van der Waals surface area contributed by atoms with Gasteiger partial charge in [0.05, 0.1) is 13.2 Å². The molecule has 6 heteroatoms. The summed E-state index contributed by atoms with van der Waals surface area (Å²) in [6.45, 7) is 2.01. The van der Waals surface area contributed by atoms with Crippen LogP contribution in [-0.2, 0) is 11.3 Å². The van der Waals surface area contributed by atoms with Crippen LogP contribution in [0.1, 0.15) is 12.5 Å². The molecule has 0 radical (unpaired) electrons. The predicted molar refractivity (Wildman–Crippen MR) is 70.7 cm³/mol. The quantitative estimate of drug-likeness (QED) is 0.882. The molecule has 0 aliphatic rings. The van der Waals surface area contributed by atoms with E-state index >= 15 is 0 Å².